The van der Waals surface area contributed by atoms with Crippen molar-refractivity contribution in [3.63, 3.8) is 0 Å². The summed E-state index contributed by atoms with van der Waals surface area (Å²) in [6.45, 7) is 1.95. The summed E-state index contributed by atoms with van der Waals surface area (Å²) in [5.41, 5.74) is 1.05. The van der Waals surface area contributed by atoms with Crippen molar-refractivity contribution in [1.82, 2.24) is 0 Å². The number of aromatic hydroxyl groups is 1. The molecule has 1 fully saturated rings. The first-order chi connectivity index (χ1) is 5.75. The van der Waals surface area contributed by atoms with E-state index in [0.717, 1.165) is 18.4 Å². The largest absolute Gasteiger partial charge is 0.504 e. The van der Waals surface area contributed by atoms with Gasteiger partial charge in [0.2, 0.25) is 0 Å². The second kappa shape index (κ2) is 2.70. The maximum Gasteiger partial charge on any atom is 0.161 e. The van der Waals surface area contributed by atoms with Crippen molar-refractivity contribution in [3.05, 3.63) is 23.8 Å². The zero-order valence-corrected chi connectivity index (χ0v) is 7.08. The molecule has 0 spiro atoms. The van der Waals surface area contributed by atoms with Gasteiger partial charge in [-0.2, -0.15) is 0 Å². The van der Waals surface area contributed by atoms with Crippen LogP contribution in [0.1, 0.15) is 18.4 Å². The van der Waals surface area contributed by atoms with Crippen LogP contribution in [0.4, 0.5) is 0 Å². The molecule has 0 heterocycles. The van der Waals surface area contributed by atoms with Gasteiger partial charge in [0.15, 0.2) is 11.5 Å². The van der Waals surface area contributed by atoms with Crippen molar-refractivity contribution in [2.45, 2.75) is 25.9 Å². The minimum absolute atomic E-state index is 0.252. The Bertz CT molecular complexity index is 290. The molecule has 0 radical (unpaired) electrons. The highest BCUT2D eigenvalue weighted by molar-refractivity contribution is 5.41. The fourth-order valence-electron chi connectivity index (χ4n) is 1.09. The average Bonchev–Trinajstić information content (AvgIpc) is 2.79. The smallest absolute Gasteiger partial charge is 0.161 e. The average molecular weight is 164 g/mol. The summed E-state index contributed by atoms with van der Waals surface area (Å²) in [5.74, 6) is 0.866. The van der Waals surface area contributed by atoms with Gasteiger partial charge in [0, 0.05) is 0 Å². The quantitative estimate of drug-likeness (QED) is 0.726. The highest BCUT2D eigenvalue weighted by Crippen LogP contribution is 2.33. The van der Waals surface area contributed by atoms with Gasteiger partial charge in [0.05, 0.1) is 6.10 Å². The van der Waals surface area contributed by atoms with Crippen LogP contribution >= 0.6 is 0 Å². The minimum atomic E-state index is 0.252. The molecule has 2 heteroatoms. The Morgan fingerprint density at radius 2 is 2.17 bits per heavy atom. The second-order valence-corrected chi connectivity index (χ2v) is 3.29. The van der Waals surface area contributed by atoms with Gasteiger partial charge in [-0.05, 0) is 37.5 Å². The topological polar surface area (TPSA) is 29.5 Å². The Hall–Kier alpha value is -1.18. The molecule has 2 rings (SSSR count). The number of rotatable bonds is 2. The van der Waals surface area contributed by atoms with Crippen molar-refractivity contribution in [1.29, 1.82) is 0 Å². The Morgan fingerprint density at radius 3 is 2.75 bits per heavy atom. The Morgan fingerprint density at radius 1 is 1.42 bits per heavy atom. The minimum Gasteiger partial charge on any atom is -0.504 e. The summed E-state index contributed by atoms with van der Waals surface area (Å²) in [6.07, 6.45) is 2.58. The first kappa shape index (κ1) is 7.47. The summed E-state index contributed by atoms with van der Waals surface area (Å²) in [7, 11) is 0. The molecule has 0 aliphatic heterocycles. The van der Waals surface area contributed by atoms with E-state index in [-0.39, 0.29) is 5.75 Å². The van der Waals surface area contributed by atoms with Crippen LogP contribution in [-0.2, 0) is 0 Å². The molecule has 0 amide bonds. The lowest BCUT2D eigenvalue weighted by Crippen LogP contribution is -1.95. The normalized spacial score (nSPS) is 16.1. The molecule has 1 aromatic rings. The molecular formula is C10H12O2. The van der Waals surface area contributed by atoms with Crippen molar-refractivity contribution in [2.24, 2.45) is 0 Å². The lowest BCUT2D eigenvalue weighted by atomic mass is 10.2. The molecule has 1 aliphatic rings. The number of phenols is 1. The third kappa shape index (κ3) is 1.52. The van der Waals surface area contributed by atoms with Crippen molar-refractivity contribution in [2.75, 3.05) is 0 Å². The maximum absolute atomic E-state index is 9.44. The predicted octanol–water partition coefficient (Wildman–Crippen LogP) is 2.24. The SMILES string of the molecule is Cc1ccc(OC2CC2)c(O)c1. The monoisotopic (exact) mass is 164 g/mol. The van der Waals surface area contributed by atoms with Crippen molar-refractivity contribution < 1.29 is 9.84 Å². The molecule has 1 N–H and O–H groups in total. The first-order valence-electron chi connectivity index (χ1n) is 4.22. The maximum atomic E-state index is 9.44. The van der Waals surface area contributed by atoms with E-state index in [2.05, 4.69) is 0 Å². The highest BCUT2D eigenvalue weighted by atomic mass is 16.5. The molecule has 0 saturated heterocycles. The Labute approximate surface area is 71.8 Å². The molecule has 1 aliphatic carbocycles. The van der Waals surface area contributed by atoms with Crippen LogP contribution in [0.2, 0.25) is 0 Å². The zero-order chi connectivity index (χ0) is 8.55. The molecule has 1 saturated carbocycles. The molecule has 12 heavy (non-hydrogen) atoms. The van der Waals surface area contributed by atoms with Gasteiger partial charge < -0.3 is 9.84 Å². The van der Waals surface area contributed by atoms with Gasteiger partial charge in [-0.15, -0.1) is 0 Å². The van der Waals surface area contributed by atoms with Crippen LogP contribution in [0.25, 0.3) is 0 Å². The van der Waals surface area contributed by atoms with Crippen LogP contribution in [0.15, 0.2) is 18.2 Å². The van der Waals surface area contributed by atoms with Gasteiger partial charge in [-0.25, -0.2) is 0 Å². The molecule has 64 valence electrons. The van der Waals surface area contributed by atoms with Crippen LogP contribution in [0.3, 0.4) is 0 Å². The van der Waals surface area contributed by atoms with E-state index >= 15 is 0 Å². The number of aryl methyl sites for hydroxylation is 1. The number of phenolic OH excluding ortho intramolecular Hbond substituents is 1. The molecular weight excluding hydrogens is 152 g/mol. The Kier molecular flexibility index (Phi) is 1.68. The van der Waals surface area contributed by atoms with Crippen LogP contribution in [0.5, 0.6) is 11.5 Å². The summed E-state index contributed by atoms with van der Waals surface area (Å²) in [4.78, 5) is 0. The van der Waals surface area contributed by atoms with Crippen molar-refractivity contribution >= 4 is 0 Å². The van der Waals surface area contributed by atoms with Gasteiger partial charge in [-0.3, -0.25) is 0 Å². The van der Waals surface area contributed by atoms with E-state index in [1.807, 2.05) is 19.1 Å². The Balaban J connectivity index is 2.18. The second-order valence-electron chi connectivity index (χ2n) is 3.29. The molecule has 2 nitrogen and oxygen atoms in total. The summed E-state index contributed by atoms with van der Waals surface area (Å²) >= 11 is 0. The van der Waals surface area contributed by atoms with E-state index in [9.17, 15) is 5.11 Å². The van der Waals surface area contributed by atoms with Gasteiger partial charge in [-0.1, -0.05) is 6.07 Å². The molecule has 0 bridgehead atoms. The van der Waals surface area contributed by atoms with E-state index in [1.54, 1.807) is 6.07 Å². The first-order valence-corrected chi connectivity index (χ1v) is 4.22. The van der Waals surface area contributed by atoms with E-state index in [0.29, 0.717) is 11.9 Å². The van der Waals surface area contributed by atoms with Gasteiger partial charge >= 0.3 is 0 Å². The van der Waals surface area contributed by atoms with Crippen LogP contribution in [0, 0.1) is 6.92 Å². The summed E-state index contributed by atoms with van der Waals surface area (Å²) < 4.78 is 5.46. The van der Waals surface area contributed by atoms with Gasteiger partial charge in [0.25, 0.3) is 0 Å². The summed E-state index contributed by atoms with van der Waals surface area (Å²) in [5, 5.41) is 9.44. The lowest BCUT2D eigenvalue weighted by Gasteiger charge is -2.06. The standard InChI is InChI=1S/C10H12O2/c1-7-2-5-10(9(11)6-7)12-8-3-4-8/h2,5-6,8,11H,3-4H2,1H3. The third-order valence-electron chi connectivity index (χ3n) is 1.93. The number of ether oxygens (including phenoxy) is 1. The lowest BCUT2D eigenvalue weighted by molar-refractivity contribution is 0.286. The van der Waals surface area contributed by atoms with Gasteiger partial charge in [0.1, 0.15) is 0 Å². The predicted molar refractivity (Wildman–Crippen MR) is 46.5 cm³/mol. The van der Waals surface area contributed by atoms with Crippen LogP contribution in [-0.4, -0.2) is 11.2 Å². The van der Waals surface area contributed by atoms with E-state index in [4.69, 9.17) is 4.74 Å². The van der Waals surface area contributed by atoms with Crippen molar-refractivity contribution in [3.8, 4) is 11.5 Å². The molecule has 0 aromatic heterocycles. The number of hydrogen-bond acceptors (Lipinski definition) is 2. The molecule has 1 aromatic carbocycles. The van der Waals surface area contributed by atoms with E-state index < -0.39 is 0 Å². The van der Waals surface area contributed by atoms with Crippen LogP contribution < -0.4 is 4.74 Å². The third-order valence-corrected chi connectivity index (χ3v) is 1.93. The number of benzene rings is 1. The number of hydrogen-bond donors (Lipinski definition) is 1. The van der Waals surface area contributed by atoms with E-state index in [1.165, 1.54) is 0 Å². The fraction of sp³-hybridized carbons (Fsp3) is 0.400. The molecule has 0 unspecified atom stereocenters. The zero-order valence-electron chi connectivity index (χ0n) is 7.08. The molecule has 0 atom stereocenters. The highest BCUT2D eigenvalue weighted by Gasteiger charge is 2.24. The fourth-order valence-corrected chi connectivity index (χ4v) is 1.09. The summed E-state index contributed by atoms with van der Waals surface area (Å²) in [6, 6.07) is 5.48.